The van der Waals surface area contributed by atoms with Crippen molar-refractivity contribution in [1.29, 1.82) is 0 Å². The van der Waals surface area contributed by atoms with Crippen LogP contribution in [0.2, 0.25) is 0 Å². The molecular formula is C23H32IN8O2+. The molecule has 3 aromatic rings. The van der Waals surface area contributed by atoms with Crippen molar-refractivity contribution in [2.24, 2.45) is 0 Å². The lowest BCUT2D eigenvalue weighted by Gasteiger charge is -2.07. The number of nitrogens with two attached hydrogens (primary N) is 1. The Kier molecular flexibility index (Phi) is 9.16. The molecule has 0 unspecified atom stereocenters. The molecule has 2 aromatic heterocycles. The predicted molar refractivity (Wildman–Crippen MR) is 140 cm³/mol. The maximum atomic E-state index is 12.8. The quantitative estimate of drug-likeness (QED) is 0.118. The van der Waals surface area contributed by atoms with Crippen molar-refractivity contribution < 1.29 is 14.2 Å². The molecule has 0 aliphatic carbocycles. The number of amides is 2. The van der Waals surface area contributed by atoms with E-state index in [0.717, 1.165) is 36.4 Å². The van der Waals surface area contributed by atoms with Gasteiger partial charge in [0.2, 0.25) is 0 Å². The number of nitrogens with zero attached hydrogens (tertiary/aromatic N) is 4. The van der Waals surface area contributed by atoms with Crippen molar-refractivity contribution in [2.45, 2.75) is 44.3 Å². The fraction of sp³-hybridized carbons (Fsp3) is 0.435. The Morgan fingerprint density at radius 2 is 1.97 bits per heavy atom. The molecule has 0 aliphatic heterocycles. The molecule has 182 valence electrons. The largest absolute Gasteiger partial charge is 0.382 e. The molecule has 0 radical (unpaired) electrons. The molecule has 3 rings (SSSR count). The smallest absolute Gasteiger partial charge is 0.277 e. The van der Waals surface area contributed by atoms with Gasteiger partial charge in [0.25, 0.3) is 17.6 Å². The first-order valence-corrected chi connectivity index (χ1v) is 12.9. The number of alkyl halides is 1. The molecular weight excluding hydrogens is 547 g/mol. The zero-order chi connectivity index (χ0) is 24.7. The summed E-state index contributed by atoms with van der Waals surface area (Å²) in [5, 5.41) is 8.98. The Morgan fingerprint density at radius 3 is 2.65 bits per heavy atom. The summed E-state index contributed by atoms with van der Waals surface area (Å²) in [6, 6.07) is 5.72. The molecule has 2 heterocycles. The van der Waals surface area contributed by atoms with E-state index >= 15 is 0 Å². The molecule has 0 atom stereocenters. The second-order valence-electron chi connectivity index (χ2n) is 7.73. The topological polar surface area (TPSA) is 131 Å². The summed E-state index contributed by atoms with van der Waals surface area (Å²) in [7, 11) is 1.89. The maximum Gasteiger partial charge on any atom is 0.277 e. The van der Waals surface area contributed by atoms with E-state index in [2.05, 4.69) is 64.6 Å². The van der Waals surface area contributed by atoms with E-state index in [1.807, 2.05) is 32.2 Å². The molecule has 0 bridgehead atoms. The van der Waals surface area contributed by atoms with Crippen LogP contribution in [-0.2, 0) is 24.1 Å². The molecule has 0 spiro atoms. The number of nitrogen functional groups attached to an aromatic ring is 1. The molecule has 0 saturated heterocycles. The van der Waals surface area contributed by atoms with Crippen LogP contribution >= 0.6 is 22.6 Å². The molecule has 11 heteroatoms. The van der Waals surface area contributed by atoms with Gasteiger partial charge < -0.3 is 21.7 Å². The maximum absolute atomic E-state index is 12.8. The number of rotatable bonds is 11. The number of nitrogens with one attached hydrogen (secondary N) is 3. The number of aromatic nitrogens is 4. The third kappa shape index (κ3) is 5.63. The summed E-state index contributed by atoms with van der Waals surface area (Å²) in [5.41, 5.74) is 9.29. The third-order valence-electron chi connectivity index (χ3n) is 5.57. The molecule has 0 fully saturated rings. The van der Waals surface area contributed by atoms with E-state index in [4.69, 9.17) is 5.73 Å². The first-order chi connectivity index (χ1) is 16.4. The van der Waals surface area contributed by atoms with Crippen LogP contribution in [0.4, 0.5) is 5.82 Å². The van der Waals surface area contributed by atoms with E-state index < -0.39 is 0 Å². The minimum absolute atomic E-state index is 0.0936. The highest BCUT2D eigenvalue weighted by Crippen LogP contribution is 2.18. The van der Waals surface area contributed by atoms with Crippen LogP contribution in [0.1, 0.15) is 52.6 Å². The van der Waals surface area contributed by atoms with Gasteiger partial charge in [-0.1, -0.05) is 22.6 Å². The van der Waals surface area contributed by atoms with Crippen LogP contribution < -0.4 is 26.3 Å². The van der Waals surface area contributed by atoms with E-state index in [9.17, 15) is 9.59 Å². The number of fused-ring (bicyclic) bond motifs is 1. The first-order valence-electron chi connectivity index (χ1n) is 11.4. The van der Waals surface area contributed by atoms with Crippen molar-refractivity contribution >= 4 is 51.3 Å². The van der Waals surface area contributed by atoms with E-state index in [0.29, 0.717) is 28.8 Å². The van der Waals surface area contributed by atoms with Gasteiger partial charge in [0.05, 0.1) is 25.0 Å². The van der Waals surface area contributed by atoms with Gasteiger partial charge in [-0.2, -0.15) is 0 Å². The summed E-state index contributed by atoms with van der Waals surface area (Å²) in [6.45, 7) is 7.26. The van der Waals surface area contributed by atoms with Crippen LogP contribution in [0.5, 0.6) is 0 Å². The summed E-state index contributed by atoms with van der Waals surface area (Å²) in [5.74, 6) is 0.574. The molecule has 34 heavy (non-hydrogen) atoms. The average Bonchev–Trinajstić information content (AvgIpc) is 3.16. The normalized spacial score (nSPS) is 11.1. The molecule has 2 amide bonds. The number of hydrogen-bond acceptors (Lipinski definition) is 6. The second kappa shape index (κ2) is 12.1. The number of aryl methyl sites for hydroxylation is 2. The fourth-order valence-corrected chi connectivity index (χ4v) is 4.28. The van der Waals surface area contributed by atoms with E-state index in [1.54, 1.807) is 6.20 Å². The summed E-state index contributed by atoms with van der Waals surface area (Å²) in [4.78, 5) is 33.9. The molecule has 0 aliphatic rings. The molecule has 10 nitrogen and oxygen atoms in total. The van der Waals surface area contributed by atoms with Gasteiger partial charge >= 0.3 is 0 Å². The lowest BCUT2D eigenvalue weighted by Crippen LogP contribution is -2.40. The minimum atomic E-state index is -0.367. The highest BCUT2D eigenvalue weighted by atomic mass is 127. The van der Waals surface area contributed by atoms with Gasteiger partial charge in [-0.25, -0.2) is 19.1 Å². The Morgan fingerprint density at radius 1 is 1.18 bits per heavy atom. The van der Waals surface area contributed by atoms with Crippen LogP contribution in [0.25, 0.3) is 11.0 Å². The highest BCUT2D eigenvalue weighted by Gasteiger charge is 2.25. The summed E-state index contributed by atoms with van der Waals surface area (Å²) < 4.78 is 4.90. The first kappa shape index (κ1) is 25.8. The predicted octanol–water partition coefficient (Wildman–Crippen LogP) is 1.55. The number of carbonyl (C=O) groups excluding carboxylic acids is 2. The lowest BCUT2D eigenvalue weighted by molar-refractivity contribution is -0.676. The second-order valence-corrected chi connectivity index (χ2v) is 8.50. The van der Waals surface area contributed by atoms with Crippen LogP contribution in [0, 0.1) is 0 Å². The summed E-state index contributed by atoms with van der Waals surface area (Å²) >= 11 is 2.17. The van der Waals surface area contributed by atoms with E-state index in [1.165, 1.54) is 0 Å². The number of imidazole rings is 1. The Bertz CT molecular complexity index is 1180. The van der Waals surface area contributed by atoms with Crippen molar-refractivity contribution in [2.75, 3.05) is 25.9 Å². The number of carbonyl (C=O) groups is 2. The molecule has 1 aromatic carbocycles. The lowest BCUT2D eigenvalue weighted by atomic mass is 10.2. The van der Waals surface area contributed by atoms with Crippen LogP contribution in [-0.4, -0.2) is 46.5 Å². The number of anilines is 1. The monoisotopic (exact) mass is 579 g/mol. The highest BCUT2D eigenvalue weighted by molar-refractivity contribution is 14.1. The van der Waals surface area contributed by atoms with Gasteiger partial charge in [0, 0.05) is 22.6 Å². The van der Waals surface area contributed by atoms with E-state index in [-0.39, 0.29) is 29.9 Å². The van der Waals surface area contributed by atoms with Crippen molar-refractivity contribution in [1.82, 2.24) is 30.5 Å². The zero-order valence-corrected chi connectivity index (χ0v) is 22.0. The number of benzene rings is 1. The SMILES string of the molecule is CCn1c(CNC(=O)c2nc(CI)cnc2N)[n+](CC)c2ccc(C(=O)NCCCNC)cc21. The third-order valence-corrected chi connectivity index (χ3v) is 6.36. The van der Waals surface area contributed by atoms with Gasteiger partial charge in [-0.3, -0.25) is 9.59 Å². The zero-order valence-electron chi connectivity index (χ0n) is 19.8. The number of hydrogen-bond donors (Lipinski definition) is 4. The number of halogens is 1. The van der Waals surface area contributed by atoms with Crippen LogP contribution in [0.15, 0.2) is 24.4 Å². The average molecular weight is 579 g/mol. The molecule has 0 saturated carbocycles. The van der Waals surface area contributed by atoms with Crippen LogP contribution in [0.3, 0.4) is 0 Å². The fourth-order valence-electron chi connectivity index (χ4n) is 3.91. The van der Waals surface area contributed by atoms with Gasteiger partial charge in [0.1, 0.15) is 6.54 Å². The van der Waals surface area contributed by atoms with Crippen molar-refractivity contribution in [3.63, 3.8) is 0 Å². The van der Waals surface area contributed by atoms with Crippen molar-refractivity contribution in [3.05, 3.63) is 47.2 Å². The Balaban J connectivity index is 1.87. The summed E-state index contributed by atoms with van der Waals surface area (Å²) in [6.07, 6.45) is 2.44. The standard InChI is InChI=1S/C23H31IN8O2/c1-4-31-17-8-7-15(22(33)27-10-6-9-26-3)11-18(17)32(5-2)19(31)14-29-23(34)20-21(25)28-13-16(12-24)30-20/h7-8,11,13,26H,4-6,9-10,12,14H2,1-3H3,(H3-,25,27,28,29,33,34)/p+1. The Labute approximate surface area is 212 Å². The Hall–Kier alpha value is -2.80. The van der Waals surface area contributed by atoms with Gasteiger partial charge in [-0.15, -0.1) is 0 Å². The van der Waals surface area contributed by atoms with Gasteiger partial charge in [-0.05, 0) is 46.0 Å². The molecule has 5 N–H and O–H groups in total. The van der Waals surface area contributed by atoms with Gasteiger partial charge in [0.15, 0.2) is 22.5 Å². The minimum Gasteiger partial charge on any atom is -0.382 e. The van der Waals surface area contributed by atoms with Crippen molar-refractivity contribution in [3.8, 4) is 0 Å².